The molecule has 1 unspecified atom stereocenters. The van der Waals surface area contributed by atoms with Crippen LogP contribution in [0.2, 0.25) is 0 Å². The molecule has 2 heterocycles. The smallest absolute Gasteiger partial charge is 0.233 e. The second-order valence-electron chi connectivity index (χ2n) is 8.07. The van der Waals surface area contributed by atoms with Crippen molar-refractivity contribution in [2.45, 2.75) is 31.4 Å². The van der Waals surface area contributed by atoms with Gasteiger partial charge >= 0.3 is 0 Å². The Hall–Kier alpha value is -3.18. The maximum atomic E-state index is 13.0. The minimum Gasteiger partial charge on any atom is -0.489 e. The highest BCUT2D eigenvalue weighted by Crippen LogP contribution is 2.34. The zero-order chi connectivity index (χ0) is 21.5. The Balaban J connectivity index is 1.52. The number of rotatable bonds is 7. The summed E-state index contributed by atoms with van der Waals surface area (Å²) in [6, 6.07) is 24.2. The molecule has 1 fully saturated rings. The molecule has 2 aromatic carbocycles. The average molecular weight is 416 g/mol. The van der Waals surface area contributed by atoms with Crippen LogP contribution >= 0.6 is 0 Å². The quantitative estimate of drug-likeness (QED) is 0.635. The van der Waals surface area contributed by atoms with Gasteiger partial charge in [-0.25, -0.2) is 0 Å². The lowest BCUT2D eigenvalue weighted by molar-refractivity contribution is -0.128. The second kappa shape index (κ2) is 9.75. The largest absolute Gasteiger partial charge is 0.489 e. The van der Waals surface area contributed by atoms with Crippen molar-refractivity contribution in [1.82, 2.24) is 15.2 Å². The number of aromatic nitrogens is 1. The molecule has 5 nitrogen and oxygen atoms in total. The van der Waals surface area contributed by atoms with E-state index in [0.717, 1.165) is 48.5 Å². The zero-order valence-corrected chi connectivity index (χ0v) is 18.0. The Morgan fingerprint density at radius 3 is 2.61 bits per heavy atom. The van der Waals surface area contributed by atoms with Gasteiger partial charge in [-0.05, 0) is 43.1 Å². The van der Waals surface area contributed by atoms with Crippen LogP contribution in [0.5, 0.6) is 5.75 Å². The summed E-state index contributed by atoms with van der Waals surface area (Å²) in [6.07, 6.45) is 3.51. The van der Waals surface area contributed by atoms with E-state index in [2.05, 4.69) is 33.4 Å². The lowest BCUT2D eigenvalue weighted by Crippen LogP contribution is -2.54. The van der Waals surface area contributed by atoms with E-state index in [1.54, 1.807) is 13.2 Å². The number of pyridine rings is 1. The molecule has 1 atom stereocenters. The Kier molecular flexibility index (Phi) is 6.63. The van der Waals surface area contributed by atoms with Gasteiger partial charge in [0.15, 0.2) is 0 Å². The first-order valence-electron chi connectivity index (χ1n) is 10.8. The highest BCUT2D eigenvalue weighted by Gasteiger charge is 2.44. The van der Waals surface area contributed by atoms with Gasteiger partial charge in [0.25, 0.3) is 0 Å². The summed E-state index contributed by atoms with van der Waals surface area (Å²) in [6.45, 7) is 2.85. The van der Waals surface area contributed by atoms with Crippen LogP contribution in [-0.2, 0) is 23.4 Å². The first-order chi connectivity index (χ1) is 15.2. The topological polar surface area (TPSA) is 54.5 Å². The number of nitrogens with one attached hydrogen (secondary N) is 1. The zero-order valence-electron chi connectivity index (χ0n) is 18.0. The number of carbonyl (C=O) groups is 1. The predicted octanol–water partition coefficient (Wildman–Crippen LogP) is 3.94. The van der Waals surface area contributed by atoms with Crippen molar-refractivity contribution in [3.8, 4) is 5.75 Å². The third-order valence-corrected chi connectivity index (χ3v) is 5.99. The van der Waals surface area contributed by atoms with Gasteiger partial charge in [-0.15, -0.1) is 0 Å². The number of para-hydroxylation sites is 1. The number of benzene rings is 2. The molecule has 0 radical (unpaired) electrons. The van der Waals surface area contributed by atoms with Gasteiger partial charge in [-0.2, -0.15) is 0 Å². The van der Waals surface area contributed by atoms with Crippen LogP contribution in [0.1, 0.15) is 29.7 Å². The van der Waals surface area contributed by atoms with Crippen molar-refractivity contribution >= 4 is 5.91 Å². The van der Waals surface area contributed by atoms with Crippen molar-refractivity contribution < 1.29 is 9.53 Å². The van der Waals surface area contributed by atoms with E-state index in [1.165, 1.54) is 0 Å². The molecular formula is C26H29N3O2. The van der Waals surface area contributed by atoms with E-state index in [4.69, 9.17) is 4.74 Å². The van der Waals surface area contributed by atoms with Crippen LogP contribution < -0.4 is 10.1 Å². The molecule has 1 saturated heterocycles. The Bertz CT molecular complexity index is 994. The number of hydrogen-bond acceptors (Lipinski definition) is 4. The Morgan fingerprint density at radius 1 is 1.06 bits per heavy atom. The van der Waals surface area contributed by atoms with Crippen LogP contribution in [0.4, 0.5) is 0 Å². The van der Waals surface area contributed by atoms with E-state index in [0.29, 0.717) is 13.2 Å². The molecule has 0 aliphatic carbocycles. The summed E-state index contributed by atoms with van der Waals surface area (Å²) in [7, 11) is 1.71. The van der Waals surface area contributed by atoms with E-state index in [9.17, 15) is 4.79 Å². The number of likely N-dealkylation sites (tertiary alicyclic amines) is 1. The first-order valence-corrected chi connectivity index (χ1v) is 10.8. The van der Waals surface area contributed by atoms with Crippen molar-refractivity contribution in [2.75, 3.05) is 20.1 Å². The summed E-state index contributed by atoms with van der Waals surface area (Å²) < 4.78 is 6.15. The van der Waals surface area contributed by atoms with E-state index >= 15 is 0 Å². The number of carbonyl (C=O) groups excluding carboxylic acids is 1. The molecule has 5 heteroatoms. The average Bonchev–Trinajstić information content (AvgIpc) is 2.84. The molecule has 0 saturated carbocycles. The molecule has 160 valence electrons. The maximum Gasteiger partial charge on any atom is 0.233 e. The van der Waals surface area contributed by atoms with E-state index in [1.807, 2.05) is 54.6 Å². The second-order valence-corrected chi connectivity index (χ2v) is 8.07. The van der Waals surface area contributed by atoms with Crippen LogP contribution in [-0.4, -0.2) is 35.9 Å². The van der Waals surface area contributed by atoms with Gasteiger partial charge < -0.3 is 10.1 Å². The Morgan fingerprint density at radius 2 is 1.84 bits per heavy atom. The van der Waals surface area contributed by atoms with Gasteiger partial charge in [0.05, 0.1) is 5.69 Å². The number of piperidine rings is 1. The van der Waals surface area contributed by atoms with Crippen molar-refractivity contribution in [3.63, 3.8) is 0 Å². The van der Waals surface area contributed by atoms with Gasteiger partial charge in [-0.1, -0.05) is 54.6 Å². The van der Waals surface area contributed by atoms with Crippen LogP contribution in [0.25, 0.3) is 0 Å². The fourth-order valence-corrected chi connectivity index (χ4v) is 4.43. The molecule has 0 bridgehead atoms. The van der Waals surface area contributed by atoms with Gasteiger partial charge in [0, 0.05) is 31.9 Å². The summed E-state index contributed by atoms with van der Waals surface area (Å²) >= 11 is 0. The minimum atomic E-state index is -0.631. The van der Waals surface area contributed by atoms with E-state index < -0.39 is 5.41 Å². The lowest BCUT2D eigenvalue weighted by Gasteiger charge is -2.41. The summed E-state index contributed by atoms with van der Waals surface area (Å²) in [4.78, 5) is 19.9. The predicted molar refractivity (Wildman–Crippen MR) is 122 cm³/mol. The van der Waals surface area contributed by atoms with Gasteiger partial charge in [0.1, 0.15) is 17.8 Å². The molecule has 1 aliphatic heterocycles. The molecule has 1 aromatic heterocycles. The highest BCUT2D eigenvalue weighted by molar-refractivity contribution is 5.88. The SMILES string of the molecule is CNC(=O)C1(c2ccccn2)CCCN(Cc2ccccc2OCc2ccccc2)C1. The molecular weight excluding hydrogens is 386 g/mol. The maximum absolute atomic E-state index is 13.0. The summed E-state index contributed by atoms with van der Waals surface area (Å²) in [5, 5.41) is 2.88. The number of amides is 1. The molecule has 1 aliphatic rings. The highest BCUT2D eigenvalue weighted by atomic mass is 16.5. The van der Waals surface area contributed by atoms with Crippen LogP contribution in [0.3, 0.4) is 0 Å². The summed E-state index contributed by atoms with van der Waals surface area (Å²) in [5.41, 5.74) is 2.48. The van der Waals surface area contributed by atoms with Gasteiger partial charge in [0.2, 0.25) is 5.91 Å². The number of hydrogen-bond donors (Lipinski definition) is 1. The molecule has 3 aromatic rings. The number of nitrogens with zero attached hydrogens (tertiary/aromatic N) is 2. The molecule has 4 rings (SSSR count). The standard InChI is InChI=1S/C26H29N3O2/c1-27-25(30)26(24-14-7-8-16-28-24)15-9-17-29(20-26)18-22-12-5-6-13-23(22)31-19-21-10-3-2-4-11-21/h2-8,10-14,16H,9,15,17-20H2,1H3,(H,27,30). The normalized spacial score (nSPS) is 19.0. The lowest BCUT2D eigenvalue weighted by atomic mass is 9.75. The molecule has 31 heavy (non-hydrogen) atoms. The monoisotopic (exact) mass is 415 g/mol. The number of likely N-dealkylation sites (N-methyl/N-ethyl adjacent to an activating group) is 1. The fraction of sp³-hybridized carbons (Fsp3) is 0.308. The summed E-state index contributed by atoms with van der Waals surface area (Å²) in [5.74, 6) is 0.921. The Labute approximate surface area is 184 Å². The van der Waals surface area contributed by atoms with Crippen molar-refractivity contribution in [3.05, 3.63) is 95.8 Å². The molecule has 1 amide bonds. The number of ether oxygens (including phenoxy) is 1. The van der Waals surface area contributed by atoms with Crippen LogP contribution in [0.15, 0.2) is 79.0 Å². The van der Waals surface area contributed by atoms with Gasteiger partial charge in [-0.3, -0.25) is 14.7 Å². The molecule has 1 N–H and O–H groups in total. The minimum absolute atomic E-state index is 0.0320. The van der Waals surface area contributed by atoms with Crippen molar-refractivity contribution in [2.24, 2.45) is 0 Å². The molecule has 0 spiro atoms. The van der Waals surface area contributed by atoms with Crippen LogP contribution in [0, 0.1) is 0 Å². The third kappa shape index (κ3) is 4.78. The first kappa shape index (κ1) is 21.1. The van der Waals surface area contributed by atoms with E-state index in [-0.39, 0.29) is 5.91 Å². The fourth-order valence-electron chi connectivity index (χ4n) is 4.43. The van der Waals surface area contributed by atoms with Crippen molar-refractivity contribution in [1.29, 1.82) is 0 Å². The third-order valence-electron chi connectivity index (χ3n) is 5.99.